The third-order valence-corrected chi connectivity index (χ3v) is 7.79. The number of aromatic nitrogens is 3. The summed E-state index contributed by atoms with van der Waals surface area (Å²) in [6, 6.07) is 49.9. The van der Waals surface area contributed by atoms with Gasteiger partial charge in [-0.25, -0.2) is 20.8 Å². The summed E-state index contributed by atoms with van der Waals surface area (Å²) in [5, 5.41) is 10.7. The number of benzene rings is 4. The standard InChI is InChI=1S/C18H14ClN3.C13H12N2.C5H3Cl2N.C5H6ClN3/c19-16-11-12-20-17(13-16)21-22-18(14-7-3-1-4-8-14)15-9-5-2-6-10-15;14-15-13(11-7-3-1-4-8-11)12-9-5-2-6-10-12;6-4-1-2-8-5(7)3-4;6-4-1-2-8-5(3-4)9-7/h1-13H,(H,20,21);1-10H,14H2;1-3H;1-3H,7H2,(H,8,9). The van der Waals surface area contributed by atoms with Crippen molar-refractivity contribution in [3.05, 3.63) is 219 Å². The Morgan fingerprint density at radius 1 is 0.463 bits per heavy atom. The summed E-state index contributed by atoms with van der Waals surface area (Å²) < 4.78 is 0. The first-order valence-corrected chi connectivity index (χ1v) is 17.7. The lowest BCUT2D eigenvalue weighted by Crippen LogP contribution is -2.07. The number of halogens is 4. The number of nitrogens with zero attached hydrogens (tertiary/aromatic N) is 5. The fraction of sp³-hybridized carbons (Fsp3) is 0. The summed E-state index contributed by atoms with van der Waals surface area (Å²) >= 11 is 22.5. The summed E-state index contributed by atoms with van der Waals surface area (Å²) in [6.45, 7) is 0. The van der Waals surface area contributed by atoms with Crippen molar-refractivity contribution in [1.29, 1.82) is 0 Å². The van der Waals surface area contributed by atoms with E-state index in [9.17, 15) is 0 Å². The number of anilines is 2. The molecule has 9 nitrogen and oxygen atoms in total. The van der Waals surface area contributed by atoms with Crippen molar-refractivity contribution in [2.75, 3.05) is 10.9 Å². The summed E-state index contributed by atoms with van der Waals surface area (Å²) in [7, 11) is 0. The normalized spacial score (nSPS) is 9.65. The molecular formula is C41H35Cl4N9. The highest BCUT2D eigenvalue weighted by atomic mass is 35.5. The van der Waals surface area contributed by atoms with Crippen LogP contribution in [0.25, 0.3) is 0 Å². The van der Waals surface area contributed by atoms with Crippen LogP contribution in [0.15, 0.2) is 187 Å². The van der Waals surface area contributed by atoms with Gasteiger partial charge in [-0.3, -0.25) is 5.43 Å². The molecule has 0 fully saturated rings. The maximum Gasteiger partial charge on any atom is 0.147 e. The molecule has 0 bridgehead atoms. The van der Waals surface area contributed by atoms with Gasteiger partial charge in [0, 0.05) is 68.0 Å². The Morgan fingerprint density at radius 3 is 1.17 bits per heavy atom. The molecule has 0 saturated carbocycles. The van der Waals surface area contributed by atoms with Crippen LogP contribution in [0.3, 0.4) is 0 Å². The van der Waals surface area contributed by atoms with E-state index < -0.39 is 0 Å². The Kier molecular flexibility index (Phi) is 17.4. The number of hydrazine groups is 1. The van der Waals surface area contributed by atoms with Gasteiger partial charge in [-0.1, -0.05) is 168 Å². The van der Waals surface area contributed by atoms with Gasteiger partial charge in [0.1, 0.15) is 16.8 Å². The van der Waals surface area contributed by atoms with Gasteiger partial charge in [-0.2, -0.15) is 10.2 Å². The van der Waals surface area contributed by atoms with E-state index in [0.717, 1.165) is 33.7 Å². The number of hydrogen-bond donors (Lipinski definition) is 4. The molecule has 3 heterocycles. The molecule has 0 aliphatic rings. The molecular weight excluding hydrogens is 760 g/mol. The molecule has 0 aliphatic carbocycles. The number of hydrazone groups is 2. The minimum Gasteiger partial charge on any atom is -0.323 e. The van der Waals surface area contributed by atoms with Crippen LogP contribution in [0.1, 0.15) is 22.3 Å². The molecule has 0 aliphatic heterocycles. The van der Waals surface area contributed by atoms with Crippen molar-refractivity contribution in [2.45, 2.75) is 0 Å². The Balaban J connectivity index is 0.000000175. The summed E-state index contributed by atoms with van der Waals surface area (Å²) in [6.07, 6.45) is 4.78. The lowest BCUT2D eigenvalue weighted by Gasteiger charge is -2.08. The van der Waals surface area contributed by atoms with E-state index in [1.807, 2.05) is 121 Å². The van der Waals surface area contributed by atoms with E-state index >= 15 is 0 Å². The minimum absolute atomic E-state index is 0.428. The molecule has 3 aromatic heterocycles. The quantitative estimate of drug-likeness (QED) is 0.0545. The van der Waals surface area contributed by atoms with Gasteiger partial charge in [0.05, 0.1) is 11.4 Å². The van der Waals surface area contributed by atoms with Gasteiger partial charge in [0.2, 0.25) is 0 Å². The molecule has 0 atom stereocenters. The molecule has 0 saturated heterocycles. The molecule has 7 rings (SSSR count). The maximum atomic E-state index is 5.97. The Morgan fingerprint density at radius 2 is 0.833 bits per heavy atom. The second-order valence-electron chi connectivity index (χ2n) is 10.7. The van der Waals surface area contributed by atoms with Crippen molar-refractivity contribution in [2.24, 2.45) is 21.9 Å². The molecule has 7 aromatic rings. The third kappa shape index (κ3) is 14.3. The highest BCUT2D eigenvalue weighted by Crippen LogP contribution is 2.15. The molecule has 4 aromatic carbocycles. The predicted molar refractivity (Wildman–Crippen MR) is 225 cm³/mol. The van der Waals surface area contributed by atoms with Crippen LogP contribution in [0, 0.1) is 0 Å². The largest absolute Gasteiger partial charge is 0.323 e. The molecule has 54 heavy (non-hydrogen) atoms. The fourth-order valence-electron chi connectivity index (χ4n) is 4.44. The highest BCUT2D eigenvalue weighted by molar-refractivity contribution is 6.33. The van der Waals surface area contributed by atoms with Gasteiger partial charge in [0.15, 0.2) is 0 Å². The zero-order valence-corrected chi connectivity index (χ0v) is 31.7. The van der Waals surface area contributed by atoms with Crippen molar-refractivity contribution < 1.29 is 0 Å². The first-order valence-electron chi connectivity index (χ1n) is 16.2. The second-order valence-corrected chi connectivity index (χ2v) is 12.4. The summed E-state index contributed by atoms with van der Waals surface area (Å²) in [5.41, 5.74) is 11.1. The Bertz CT molecular complexity index is 2090. The van der Waals surface area contributed by atoms with Crippen LogP contribution in [-0.4, -0.2) is 26.4 Å². The van der Waals surface area contributed by atoms with Gasteiger partial charge < -0.3 is 11.3 Å². The van der Waals surface area contributed by atoms with E-state index in [1.54, 1.807) is 55.0 Å². The molecule has 0 spiro atoms. The van der Waals surface area contributed by atoms with Crippen molar-refractivity contribution >= 4 is 69.5 Å². The molecule has 0 radical (unpaired) electrons. The smallest absolute Gasteiger partial charge is 0.147 e. The van der Waals surface area contributed by atoms with Gasteiger partial charge in [-0.05, 0) is 24.3 Å². The van der Waals surface area contributed by atoms with Gasteiger partial charge in [0.25, 0.3) is 0 Å². The highest BCUT2D eigenvalue weighted by Gasteiger charge is 2.07. The number of pyridine rings is 3. The predicted octanol–water partition coefficient (Wildman–Crippen LogP) is 10.4. The average Bonchev–Trinajstić information content (AvgIpc) is 3.21. The topological polar surface area (TPSA) is 139 Å². The third-order valence-electron chi connectivity index (χ3n) is 6.88. The van der Waals surface area contributed by atoms with Crippen LogP contribution in [0.5, 0.6) is 0 Å². The van der Waals surface area contributed by atoms with Crippen LogP contribution < -0.4 is 22.5 Å². The van der Waals surface area contributed by atoms with E-state index in [4.69, 9.17) is 58.1 Å². The Labute approximate surface area is 334 Å². The van der Waals surface area contributed by atoms with Gasteiger partial charge in [-0.15, -0.1) is 0 Å². The number of nitrogens with one attached hydrogen (secondary N) is 2. The number of hydrogen-bond acceptors (Lipinski definition) is 9. The van der Waals surface area contributed by atoms with Crippen LogP contribution in [-0.2, 0) is 0 Å². The van der Waals surface area contributed by atoms with Crippen molar-refractivity contribution in [3.63, 3.8) is 0 Å². The van der Waals surface area contributed by atoms with Gasteiger partial charge >= 0.3 is 0 Å². The zero-order chi connectivity index (χ0) is 38.4. The monoisotopic (exact) mass is 793 g/mol. The molecule has 0 amide bonds. The first kappa shape index (κ1) is 41.0. The van der Waals surface area contributed by atoms with Crippen LogP contribution in [0.4, 0.5) is 11.6 Å². The molecule has 13 heteroatoms. The fourth-order valence-corrected chi connectivity index (χ4v) is 5.15. The number of nitrogens with two attached hydrogens (primary N) is 2. The van der Waals surface area contributed by atoms with Crippen molar-refractivity contribution in [3.8, 4) is 0 Å². The van der Waals surface area contributed by atoms with Crippen LogP contribution >= 0.6 is 46.4 Å². The first-order chi connectivity index (χ1) is 26.4. The number of nitrogen functional groups attached to an aromatic ring is 1. The summed E-state index contributed by atoms with van der Waals surface area (Å²) in [5.74, 6) is 11.7. The molecule has 272 valence electrons. The summed E-state index contributed by atoms with van der Waals surface area (Å²) in [4.78, 5) is 11.8. The maximum absolute atomic E-state index is 5.97. The Hall–Kier alpha value is -5.81. The van der Waals surface area contributed by atoms with Crippen molar-refractivity contribution in [1.82, 2.24) is 15.0 Å². The van der Waals surface area contributed by atoms with E-state index in [2.05, 4.69) is 36.0 Å². The molecule has 6 N–H and O–H groups in total. The van der Waals surface area contributed by atoms with E-state index in [0.29, 0.717) is 31.9 Å². The van der Waals surface area contributed by atoms with E-state index in [-0.39, 0.29) is 0 Å². The minimum atomic E-state index is 0.428. The number of rotatable bonds is 7. The lowest BCUT2D eigenvalue weighted by molar-refractivity contribution is 1.22. The second kappa shape index (κ2) is 23.0. The van der Waals surface area contributed by atoms with E-state index in [1.165, 1.54) is 0 Å². The molecule has 0 unspecified atom stereocenters. The average molecular weight is 796 g/mol. The lowest BCUT2D eigenvalue weighted by atomic mass is 10.0. The zero-order valence-electron chi connectivity index (χ0n) is 28.6. The van der Waals surface area contributed by atoms with Crippen LogP contribution in [0.2, 0.25) is 20.2 Å². The SMILES string of the molecule is Clc1ccnc(Cl)c1.Clc1ccnc(NN=C(c2ccccc2)c2ccccc2)c1.NN=C(c1ccccc1)c1ccccc1.NNc1cc(Cl)ccn1.